The van der Waals surface area contributed by atoms with E-state index in [2.05, 4.69) is 26.6 Å². The van der Waals surface area contributed by atoms with Crippen LogP contribution in [0.4, 0.5) is 0 Å². The Bertz CT molecular complexity index is 759. The molecule has 2 N–H and O–H groups in total. The molecule has 0 aliphatic heterocycles. The molecule has 2 aromatic rings. The minimum Gasteiger partial charge on any atom is -0.497 e. The lowest BCUT2D eigenvalue weighted by atomic mass is 10.1. The zero-order valence-electron chi connectivity index (χ0n) is 14.1. The van der Waals surface area contributed by atoms with Crippen LogP contribution in [-0.2, 0) is 4.79 Å². The largest absolute Gasteiger partial charge is 0.497 e. The number of carbonyl (C=O) groups is 2. The molecule has 0 saturated carbocycles. The summed E-state index contributed by atoms with van der Waals surface area (Å²) < 4.78 is 16.1. The number of methoxy groups -OCH3 is 2. The van der Waals surface area contributed by atoms with Gasteiger partial charge in [-0.2, -0.15) is 0 Å². The first-order chi connectivity index (χ1) is 11.9. The first-order valence-corrected chi connectivity index (χ1v) is 8.28. The summed E-state index contributed by atoms with van der Waals surface area (Å²) in [7, 11) is 3.12. The number of carbonyl (C=O) groups excluding carboxylic acids is 2. The van der Waals surface area contributed by atoms with Gasteiger partial charge in [0, 0.05) is 5.56 Å². The lowest BCUT2D eigenvalue weighted by Gasteiger charge is -2.18. The molecule has 0 aliphatic carbocycles. The Balaban J connectivity index is 1.95. The second-order valence-corrected chi connectivity index (χ2v) is 5.97. The summed E-state index contributed by atoms with van der Waals surface area (Å²) in [4.78, 5) is 23.9. The van der Waals surface area contributed by atoms with Crippen LogP contribution in [0.2, 0.25) is 0 Å². The molecular formula is C17H19BrN2O5. The molecule has 0 unspecified atom stereocenters. The number of ether oxygens (including phenoxy) is 2. The quantitative estimate of drug-likeness (QED) is 0.732. The Labute approximate surface area is 153 Å². The van der Waals surface area contributed by atoms with E-state index >= 15 is 0 Å². The highest BCUT2D eigenvalue weighted by atomic mass is 79.9. The normalized spacial score (nSPS) is 11.5. The van der Waals surface area contributed by atoms with Gasteiger partial charge in [0.05, 0.1) is 26.8 Å². The summed E-state index contributed by atoms with van der Waals surface area (Å²) in [5.74, 6) is 0.623. The fraction of sp³-hybridized carbons (Fsp3) is 0.294. The molecule has 8 heteroatoms. The van der Waals surface area contributed by atoms with Crippen molar-refractivity contribution in [3.63, 3.8) is 0 Å². The number of hydrogen-bond donors (Lipinski definition) is 2. The zero-order valence-corrected chi connectivity index (χ0v) is 15.7. The Morgan fingerprint density at radius 3 is 2.56 bits per heavy atom. The van der Waals surface area contributed by atoms with E-state index in [1.807, 2.05) is 6.92 Å². The maximum Gasteiger partial charge on any atom is 0.287 e. The van der Waals surface area contributed by atoms with Crippen molar-refractivity contribution in [1.29, 1.82) is 0 Å². The van der Waals surface area contributed by atoms with E-state index in [4.69, 9.17) is 13.9 Å². The third-order valence-electron chi connectivity index (χ3n) is 3.49. The average Bonchev–Trinajstić information content (AvgIpc) is 3.05. The van der Waals surface area contributed by atoms with Gasteiger partial charge in [0.1, 0.15) is 11.5 Å². The summed E-state index contributed by atoms with van der Waals surface area (Å²) in [6.07, 6.45) is 0. The molecule has 1 heterocycles. The van der Waals surface area contributed by atoms with Crippen molar-refractivity contribution in [2.75, 3.05) is 20.8 Å². The van der Waals surface area contributed by atoms with Crippen LogP contribution in [0.5, 0.6) is 11.5 Å². The molecule has 0 fully saturated rings. The molecule has 7 nitrogen and oxygen atoms in total. The second kappa shape index (κ2) is 8.57. The maximum atomic E-state index is 12.1. The van der Waals surface area contributed by atoms with Crippen LogP contribution in [0.3, 0.4) is 0 Å². The highest BCUT2D eigenvalue weighted by Crippen LogP contribution is 2.29. The van der Waals surface area contributed by atoms with Gasteiger partial charge in [0.2, 0.25) is 5.91 Å². The molecule has 0 aliphatic rings. The summed E-state index contributed by atoms with van der Waals surface area (Å²) in [6, 6.07) is 8.13. The van der Waals surface area contributed by atoms with E-state index < -0.39 is 5.91 Å². The highest BCUT2D eigenvalue weighted by molar-refractivity contribution is 9.10. The van der Waals surface area contributed by atoms with Crippen molar-refractivity contribution in [2.24, 2.45) is 0 Å². The number of halogens is 1. The van der Waals surface area contributed by atoms with Crippen molar-refractivity contribution in [3.05, 3.63) is 46.3 Å². The van der Waals surface area contributed by atoms with Crippen LogP contribution >= 0.6 is 15.9 Å². The molecule has 2 rings (SSSR count). The summed E-state index contributed by atoms with van der Waals surface area (Å²) in [6.45, 7) is 1.65. The van der Waals surface area contributed by atoms with Crippen LogP contribution in [0.25, 0.3) is 0 Å². The van der Waals surface area contributed by atoms with Crippen molar-refractivity contribution in [2.45, 2.75) is 13.0 Å². The van der Waals surface area contributed by atoms with Gasteiger partial charge in [0.15, 0.2) is 10.4 Å². The average molecular weight is 411 g/mol. The van der Waals surface area contributed by atoms with Crippen molar-refractivity contribution < 1.29 is 23.5 Å². The summed E-state index contributed by atoms with van der Waals surface area (Å²) in [5.41, 5.74) is 0.775. The van der Waals surface area contributed by atoms with Crippen molar-refractivity contribution in [3.8, 4) is 11.5 Å². The van der Waals surface area contributed by atoms with Gasteiger partial charge < -0.3 is 24.5 Å². The zero-order chi connectivity index (χ0) is 18.4. The Morgan fingerprint density at radius 1 is 1.20 bits per heavy atom. The maximum absolute atomic E-state index is 12.1. The SMILES string of the molecule is COc1ccc(OC)c([C@@H](C)NC(=O)CNC(=O)c2ccc(Br)o2)c1. The minimum absolute atomic E-state index is 0.127. The van der Waals surface area contributed by atoms with E-state index in [9.17, 15) is 9.59 Å². The van der Waals surface area contributed by atoms with Crippen LogP contribution in [0.15, 0.2) is 39.4 Å². The molecule has 2 amide bonds. The van der Waals surface area contributed by atoms with Crippen molar-refractivity contribution in [1.82, 2.24) is 10.6 Å². The van der Waals surface area contributed by atoms with Crippen LogP contribution in [-0.4, -0.2) is 32.6 Å². The smallest absolute Gasteiger partial charge is 0.287 e. The van der Waals surface area contributed by atoms with Crippen LogP contribution in [0, 0.1) is 0 Å². The predicted octanol–water partition coefficient (Wildman–Crippen LogP) is 2.67. The van der Waals surface area contributed by atoms with E-state index in [-0.39, 0.29) is 24.3 Å². The number of rotatable bonds is 7. The lowest BCUT2D eigenvalue weighted by Crippen LogP contribution is -2.38. The molecule has 0 radical (unpaired) electrons. The van der Waals surface area contributed by atoms with Crippen molar-refractivity contribution >= 4 is 27.7 Å². The van der Waals surface area contributed by atoms with Gasteiger partial charge in [0.25, 0.3) is 5.91 Å². The molecule has 134 valence electrons. The van der Waals surface area contributed by atoms with E-state index in [1.54, 1.807) is 38.5 Å². The molecule has 0 saturated heterocycles. The lowest BCUT2D eigenvalue weighted by molar-refractivity contribution is -0.120. The minimum atomic E-state index is -0.465. The molecule has 0 bridgehead atoms. The third-order valence-corrected chi connectivity index (χ3v) is 3.91. The monoisotopic (exact) mass is 410 g/mol. The predicted molar refractivity (Wildman–Crippen MR) is 94.8 cm³/mol. The van der Waals surface area contributed by atoms with E-state index in [0.717, 1.165) is 5.56 Å². The number of amides is 2. The molecule has 1 atom stereocenters. The first kappa shape index (κ1) is 18.9. The van der Waals surface area contributed by atoms with E-state index in [0.29, 0.717) is 16.2 Å². The van der Waals surface area contributed by atoms with Crippen LogP contribution < -0.4 is 20.1 Å². The first-order valence-electron chi connectivity index (χ1n) is 7.49. The molecule has 0 spiro atoms. The summed E-state index contributed by atoms with van der Waals surface area (Å²) >= 11 is 3.12. The molecular weight excluding hydrogens is 392 g/mol. The number of furan rings is 1. The number of hydrogen-bond acceptors (Lipinski definition) is 5. The Kier molecular flexibility index (Phi) is 6.46. The molecule has 1 aromatic carbocycles. The van der Waals surface area contributed by atoms with Gasteiger partial charge in [-0.05, 0) is 53.2 Å². The van der Waals surface area contributed by atoms with Crippen LogP contribution in [0.1, 0.15) is 29.1 Å². The number of nitrogens with one attached hydrogen (secondary N) is 2. The Hall–Kier alpha value is -2.48. The molecule has 1 aromatic heterocycles. The highest BCUT2D eigenvalue weighted by Gasteiger charge is 2.17. The van der Waals surface area contributed by atoms with E-state index in [1.165, 1.54) is 6.07 Å². The van der Waals surface area contributed by atoms with Gasteiger partial charge >= 0.3 is 0 Å². The fourth-order valence-electron chi connectivity index (χ4n) is 2.23. The third kappa shape index (κ3) is 4.99. The number of benzene rings is 1. The Morgan fingerprint density at radius 2 is 1.96 bits per heavy atom. The van der Waals surface area contributed by atoms with Gasteiger partial charge in [-0.15, -0.1) is 0 Å². The topological polar surface area (TPSA) is 89.8 Å². The fourth-order valence-corrected chi connectivity index (χ4v) is 2.54. The van der Waals surface area contributed by atoms with Gasteiger partial charge in [-0.1, -0.05) is 0 Å². The molecule has 25 heavy (non-hydrogen) atoms. The standard InChI is InChI=1S/C17H19BrN2O5/c1-10(12-8-11(23-2)4-5-13(12)24-3)20-16(21)9-19-17(22)14-6-7-15(18)25-14/h4-8,10H,9H2,1-3H3,(H,19,22)(H,20,21)/t10-/m1/s1. The second-order valence-electron chi connectivity index (χ2n) is 5.18. The van der Waals surface area contributed by atoms with Gasteiger partial charge in [-0.25, -0.2) is 0 Å². The van der Waals surface area contributed by atoms with Gasteiger partial charge in [-0.3, -0.25) is 9.59 Å². The summed E-state index contributed by atoms with van der Waals surface area (Å²) in [5, 5.41) is 5.30.